The number of hydrogen-bond donors (Lipinski definition) is 0. The van der Waals surface area contributed by atoms with Crippen LogP contribution >= 0.6 is 0 Å². The quantitative estimate of drug-likeness (QED) is 0.177. The second-order valence-corrected chi connectivity index (χ2v) is 17.8. The Labute approximate surface area is 371 Å². The Morgan fingerprint density at radius 3 is 1.27 bits per heavy atom. The Bertz CT molecular complexity index is 3720. The van der Waals surface area contributed by atoms with Gasteiger partial charge in [-0.1, -0.05) is 182 Å². The fourth-order valence-electron chi connectivity index (χ4n) is 12.8. The van der Waals surface area contributed by atoms with Crippen molar-refractivity contribution in [2.24, 2.45) is 0 Å². The summed E-state index contributed by atoms with van der Waals surface area (Å²) in [6, 6.07) is 84.0. The van der Waals surface area contributed by atoms with Gasteiger partial charge < -0.3 is 9.32 Å². The molecule has 1 heterocycles. The zero-order valence-electron chi connectivity index (χ0n) is 34.7. The third kappa shape index (κ3) is 4.03. The molecule has 0 radical (unpaired) electrons. The van der Waals surface area contributed by atoms with Crippen LogP contribution in [0.2, 0.25) is 0 Å². The van der Waals surface area contributed by atoms with Gasteiger partial charge in [-0.15, -0.1) is 0 Å². The lowest BCUT2D eigenvalue weighted by Gasteiger charge is -2.33. The molecule has 0 aliphatic heterocycles. The van der Waals surface area contributed by atoms with Gasteiger partial charge >= 0.3 is 0 Å². The van der Waals surface area contributed by atoms with E-state index in [1.807, 2.05) is 0 Å². The first-order valence-electron chi connectivity index (χ1n) is 22.3. The van der Waals surface area contributed by atoms with Gasteiger partial charge in [0.15, 0.2) is 0 Å². The highest BCUT2D eigenvalue weighted by molar-refractivity contribution is 6.08. The highest BCUT2D eigenvalue weighted by Gasteiger charge is 2.54. The van der Waals surface area contributed by atoms with Crippen molar-refractivity contribution >= 4 is 39.0 Å². The van der Waals surface area contributed by atoms with Crippen molar-refractivity contribution in [3.8, 4) is 44.5 Å². The molecule has 2 spiro atoms. The molecular formula is C62H37NO. The van der Waals surface area contributed by atoms with Crippen LogP contribution in [0, 0.1) is 0 Å². The molecule has 4 aliphatic carbocycles. The Balaban J connectivity index is 1.05. The van der Waals surface area contributed by atoms with E-state index in [1.165, 1.54) is 89.0 Å². The summed E-state index contributed by atoms with van der Waals surface area (Å²) in [6.07, 6.45) is 0. The van der Waals surface area contributed by atoms with Crippen LogP contribution in [0.5, 0.6) is 0 Å². The predicted molar refractivity (Wildman–Crippen MR) is 261 cm³/mol. The number of benzene rings is 10. The molecule has 0 unspecified atom stereocenters. The minimum Gasteiger partial charge on any atom is -0.456 e. The van der Waals surface area contributed by atoms with E-state index >= 15 is 0 Å². The molecule has 296 valence electrons. The van der Waals surface area contributed by atoms with Crippen molar-refractivity contribution in [3.05, 3.63) is 269 Å². The summed E-state index contributed by atoms with van der Waals surface area (Å²) in [7, 11) is 0. The number of fused-ring (bicyclic) bond motifs is 23. The summed E-state index contributed by atoms with van der Waals surface area (Å²) in [5.74, 6) is 0. The van der Waals surface area contributed by atoms with Crippen LogP contribution in [0.1, 0.15) is 44.5 Å². The molecule has 0 saturated heterocycles. The zero-order valence-corrected chi connectivity index (χ0v) is 34.7. The summed E-state index contributed by atoms with van der Waals surface area (Å²) in [4.78, 5) is 2.53. The van der Waals surface area contributed by atoms with Crippen molar-refractivity contribution in [2.45, 2.75) is 10.8 Å². The third-order valence-corrected chi connectivity index (χ3v) is 15.1. The lowest BCUT2D eigenvalue weighted by molar-refractivity contribution is 0.669. The SMILES string of the molecule is c1ccc2c(c1)-c1ccccc1C21c2ccccc2-c2ccc(N(c3ccc4oc5ccccc5c4c3)c3cccc4c3-c3ccccc3C43c4ccccc4-c4ccccc43)cc21. The van der Waals surface area contributed by atoms with Crippen LogP contribution in [-0.2, 0) is 10.8 Å². The lowest BCUT2D eigenvalue weighted by atomic mass is 9.70. The molecule has 64 heavy (non-hydrogen) atoms. The molecule has 4 aliphatic rings. The average Bonchev–Trinajstić information content (AvgIpc) is 4.13. The highest BCUT2D eigenvalue weighted by atomic mass is 16.3. The second-order valence-electron chi connectivity index (χ2n) is 17.8. The number of anilines is 3. The van der Waals surface area contributed by atoms with Crippen LogP contribution in [0.4, 0.5) is 17.1 Å². The fraction of sp³-hybridized carbons (Fsp3) is 0.0323. The number of rotatable bonds is 3. The maximum Gasteiger partial charge on any atom is 0.135 e. The van der Waals surface area contributed by atoms with Gasteiger partial charge in [-0.3, -0.25) is 0 Å². The largest absolute Gasteiger partial charge is 0.456 e. The van der Waals surface area contributed by atoms with Crippen LogP contribution in [0.25, 0.3) is 66.4 Å². The molecule has 2 heteroatoms. The summed E-state index contributed by atoms with van der Waals surface area (Å²) in [5, 5.41) is 2.22. The summed E-state index contributed by atoms with van der Waals surface area (Å²) in [5.41, 5.74) is 25.2. The van der Waals surface area contributed by atoms with E-state index in [2.05, 4.69) is 229 Å². The third-order valence-electron chi connectivity index (χ3n) is 15.1. The molecule has 0 saturated carbocycles. The lowest BCUT2D eigenvalue weighted by Crippen LogP contribution is -2.26. The topological polar surface area (TPSA) is 16.4 Å². The van der Waals surface area contributed by atoms with Gasteiger partial charge in [0, 0.05) is 27.7 Å². The smallest absolute Gasteiger partial charge is 0.135 e. The van der Waals surface area contributed by atoms with E-state index in [9.17, 15) is 0 Å². The monoisotopic (exact) mass is 811 g/mol. The summed E-state index contributed by atoms with van der Waals surface area (Å²) >= 11 is 0. The number of hydrogen-bond acceptors (Lipinski definition) is 2. The maximum atomic E-state index is 6.46. The summed E-state index contributed by atoms with van der Waals surface area (Å²) in [6.45, 7) is 0. The summed E-state index contributed by atoms with van der Waals surface area (Å²) < 4.78 is 6.46. The first-order valence-corrected chi connectivity index (χ1v) is 22.3. The number of para-hydroxylation sites is 1. The average molecular weight is 812 g/mol. The zero-order chi connectivity index (χ0) is 41.7. The van der Waals surface area contributed by atoms with E-state index in [4.69, 9.17) is 4.42 Å². The van der Waals surface area contributed by atoms with Crippen molar-refractivity contribution in [2.75, 3.05) is 4.90 Å². The van der Waals surface area contributed by atoms with Gasteiger partial charge in [0.25, 0.3) is 0 Å². The van der Waals surface area contributed by atoms with Crippen molar-refractivity contribution in [1.82, 2.24) is 0 Å². The van der Waals surface area contributed by atoms with Crippen molar-refractivity contribution in [3.63, 3.8) is 0 Å². The Kier molecular flexibility index (Phi) is 6.58. The Hall–Kier alpha value is -8.20. The van der Waals surface area contributed by atoms with Crippen molar-refractivity contribution in [1.29, 1.82) is 0 Å². The Morgan fingerprint density at radius 1 is 0.281 bits per heavy atom. The second kappa shape index (κ2) is 12.2. The number of furan rings is 1. The molecule has 10 aromatic carbocycles. The van der Waals surface area contributed by atoms with E-state index < -0.39 is 10.8 Å². The van der Waals surface area contributed by atoms with E-state index in [0.29, 0.717) is 0 Å². The molecule has 2 nitrogen and oxygen atoms in total. The van der Waals surface area contributed by atoms with Gasteiger partial charge in [0.2, 0.25) is 0 Å². The van der Waals surface area contributed by atoms with Gasteiger partial charge in [-0.05, 0) is 126 Å². The van der Waals surface area contributed by atoms with E-state index in [0.717, 1.165) is 39.0 Å². The number of nitrogens with zero attached hydrogens (tertiary/aromatic N) is 1. The Morgan fingerprint density at radius 2 is 0.688 bits per heavy atom. The minimum absolute atomic E-state index is 0.466. The predicted octanol–water partition coefficient (Wildman–Crippen LogP) is 15.7. The van der Waals surface area contributed by atoms with Gasteiger partial charge in [-0.25, -0.2) is 0 Å². The molecule has 0 atom stereocenters. The minimum atomic E-state index is -0.474. The van der Waals surface area contributed by atoms with Gasteiger partial charge in [-0.2, -0.15) is 0 Å². The van der Waals surface area contributed by atoms with Crippen LogP contribution < -0.4 is 4.90 Å². The molecular weight excluding hydrogens is 775 g/mol. The van der Waals surface area contributed by atoms with Gasteiger partial charge in [0.1, 0.15) is 11.2 Å². The van der Waals surface area contributed by atoms with E-state index in [1.54, 1.807) is 0 Å². The molecule has 0 amide bonds. The van der Waals surface area contributed by atoms with Crippen molar-refractivity contribution < 1.29 is 4.42 Å². The molecule has 0 fully saturated rings. The molecule has 0 N–H and O–H groups in total. The van der Waals surface area contributed by atoms with Crippen LogP contribution in [0.3, 0.4) is 0 Å². The van der Waals surface area contributed by atoms with Gasteiger partial charge in [0.05, 0.1) is 16.5 Å². The van der Waals surface area contributed by atoms with Crippen LogP contribution in [0.15, 0.2) is 229 Å². The standard InChI is InChI=1S/C62H37NO/c1-8-23-49-40(16-1)41-17-2-9-24-50(41)61(49)54-28-13-6-22-47(54)60-55(61)29-15-30-57(60)63(38-33-35-59-48(36-38)46-21-7-14-31-58(46)64-59)39-32-34-45-44-20-5-12-27-53(44)62(56(45)37-39)51-25-10-3-18-42(51)43-19-4-11-26-52(43)62/h1-37H. The first kappa shape index (κ1) is 34.4. The van der Waals surface area contributed by atoms with E-state index in [-0.39, 0.29) is 0 Å². The molecule has 15 rings (SSSR count). The fourth-order valence-corrected chi connectivity index (χ4v) is 12.8. The molecule has 1 aromatic heterocycles. The first-order chi connectivity index (χ1) is 31.8. The molecule has 0 bridgehead atoms. The maximum absolute atomic E-state index is 6.46. The molecule has 11 aromatic rings. The normalized spacial score (nSPS) is 14.5. The highest BCUT2D eigenvalue weighted by Crippen LogP contribution is 2.66. The van der Waals surface area contributed by atoms with Crippen LogP contribution in [-0.4, -0.2) is 0 Å².